The van der Waals surface area contributed by atoms with Gasteiger partial charge in [0.2, 0.25) is 0 Å². The molecule has 1 saturated heterocycles. The van der Waals surface area contributed by atoms with E-state index in [1.165, 1.54) is 11.3 Å². The maximum atomic E-state index is 13.3. The molecule has 3 aliphatic rings. The second kappa shape index (κ2) is 5.01. The number of rotatable bonds is 2. The van der Waals surface area contributed by atoms with Crippen LogP contribution in [0.3, 0.4) is 0 Å². The highest BCUT2D eigenvalue weighted by molar-refractivity contribution is 8.01. The first-order valence-electron chi connectivity index (χ1n) is 8.81. The molecule has 0 spiro atoms. The summed E-state index contributed by atoms with van der Waals surface area (Å²) < 4.78 is 2.44. The van der Waals surface area contributed by atoms with Crippen LogP contribution in [0.15, 0.2) is 41.6 Å². The molecule has 3 aromatic heterocycles. The lowest BCUT2D eigenvalue weighted by Gasteiger charge is -2.18. The first-order valence-corrected chi connectivity index (χ1v) is 10.6. The molecule has 2 atom stereocenters. The maximum absolute atomic E-state index is 13.3. The Hall–Kier alpha value is -2.16. The number of anilines is 1. The fourth-order valence-corrected chi connectivity index (χ4v) is 6.86. The number of nitrogens with zero attached hydrogens (tertiary/aromatic N) is 4. The van der Waals surface area contributed by atoms with E-state index in [0.29, 0.717) is 4.70 Å². The van der Waals surface area contributed by atoms with Gasteiger partial charge in [-0.1, -0.05) is 6.08 Å². The lowest BCUT2D eigenvalue weighted by molar-refractivity contribution is 0.658. The van der Waals surface area contributed by atoms with Gasteiger partial charge in [0, 0.05) is 31.9 Å². The van der Waals surface area contributed by atoms with Gasteiger partial charge in [0.15, 0.2) is 0 Å². The number of aromatic nitrogens is 3. The highest BCUT2D eigenvalue weighted by Crippen LogP contribution is 2.65. The summed E-state index contributed by atoms with van der Waals surface area (Å²) in [6, 6.07) is 1.96. The van der Waals surface area contributed by atoms with Crippen molar-refractivity contribution >= 4 is 54.9 Å². The largest absolute Gasteiger partial charge is 0.377 e. The summed E-state index contributed by atoms with van der Waals surface area (Å²) >= 11 is 3.35. The third-order valence-electron chi connectivity index (χ3n) is 5.83. The van der Waals surface area contributed by atoms with E-state index in [0.717, 1.165) is 39.4 Å². The van der Waals surface area contributed by atoms with Crippen LogP contribution in [0, 0.1) is 0 Å². The van der Waals surface area contributed by atoms with Crippen LogP contribution in [0.25, 0.3) is 26.1 Å². The molecule has 0 radical (unpaired) electrons. The van der Waals surface area contributed by atoms with Crippen LogP contribution in [-0.4, -0.2) is 44.8 Å². The molecule has 1 saturated carbocycles. The van der Waals surface area contributed by atoms with E-state index in [2.05, 4.69) is 33.5 Å². The lowest BCUT2D eigenvalue weighted by Crippen LogP contribution is -2.31. The molecule has 0 amide bonds. The van der Waals surface area contributed by atoms with Crippen molar-refractivity contribution in [2.45, 2.75) is 16.7 Å². The summed E-state index contributed by atoms with van der Waals surface area (Å²) in [6.07, 6.45) is 11.1. The average molecular weight is 396 g/mol. The van der Waals surface area contributed by atoms with Crippen molar-refractivity contribution < 1.29 is 0 Å². The fraction of sp³-hybridized carbons (Fsp3) is 0.316. The molecule has 4 heterocycles. The number of fused-ring (bicyclic) bond motifs is 3. The Kier molecular flexibility index (Phi) is 2.94. The summed E-state index contributed by atoms with van der Waals surface area (Å²) in [5.41, 5.74) is 2.76. The van der Waals surface area contributed by atoms with Crippen molar-refractivity contribution in [3.05, 3.63) is 47.2 Å². The van der Waals surface area contributed by atoms with E-state index in [9.17, 15) is 4.79 Å². The van der Waals surface area contributed by atoms with Crippen molar-refractivity contribution in [2.75, 3.05) is 24.9 Å². The second-order valence-electron chi connectivity index (χ2n) is 7.51. The molecule has 0 aromatic carbocycles. The maximum Gasteiger partial charge on any atom is 0.275 e. The van der Waals surface area contributed by atoms with E-state index in [-0.39, 0.29) is 15.8 Å². The Morgan fingerprint density at radius 1 is 1.33 bits per heavy atom. The Morgan fingerprint density at radius 3 is 3.07 bits per heavy atom. The Bertz CT molecular complexity index is 1260. The number of thiophene rings is 1. The van der Waals surface area contributed by atoms with Crippen LogP contribution in [0.1, 0.15) is 6.42 Å². The summed E-state index contributed by atoms with van der Waals surface area (Å²) in [5, 5.41) is 4.52. The predicted octanol–water partition coefficient (Wildman–Crippen LogP) is 2.66. The number of nitrogens with one attached hydrogen (secondary N) is 1. The van der Waals surface area contributed by atoms with Crippen LogP contribution in [-0.2, 0) is 0 Å². The van der Waals surface area contributed by atoms with Gasteiger partial charge in [-0.05, 0) is 24.6 Å². The van der Waals surface area contributed by atoms with Gasteiger partial charge >= 0.3 is 0 Å². The van der Waals surface area contributed by atoms with Crippen molar-refractivity contribution in [2.24, 2.45) is 0 Å². The van der Waals surface area contributed by atoms with Crippen molar-refractivity contribution in [1.29, 1.82) is 0 Å². The van der Waals surface area contributed by atoms with Gasteiger partial charge < -0.3 is 4.90 Å². The third-order valence-corrected chi connectivity index (χ3v) is 8.33. The first kappa shape index (κ1) is 15.9. The third kappa shape index (κ3) is 1.93. The van der Waals surface area contributed by atoms with Gasteiger partial charge in [-0.3, -0.25) is 14.7 Å². The number of hydrogen-bond donors (Lipinski definition) is 1. The van der Waals surface area contributed by atoms with Crippen LogP contribution in [0.2, 0.25) is 0 Å². The van der Waals surface area contributed by atoms with E-state index >= 15 is 0 Å². The highest BCUT2D eigenvalue weighted by Gasteiger charge is 2.69. The minimum Gasteiger partial charge on any atom is -0.377 e. The van der Waals surface area contributed by atoms with Gasteiger partial charge in [0.1, 0.15) is 15.9 Å². The summed E-state index contributed by atoms with van der Waals surface area (Å²) in [4.78, 5) is 25.3. The summed E-state index contributed by atoms with van der Waals surface area (Å²) in [5.74, 6) is 0.954. The van der Waals surface area contributed by atoms with Crippen LogP contribution in [0.4, 0.5) is 5.69 Å². The van der Waals surface area contributed by atoms with Crippen molar-refractivity contribution in [1.82, 2.24) is 19.9 Å². The zero-order chi connectivity index (χ0) is 18.4. The SMILES string of the molecule is CN(C)c1ccnc2sc3c(=O)n(C4=CC56CC5(C=C4)NCS6)cnc3c12. The van der Waals surface area contributed by atoms with Crippen LogP contribution < -0.4 is 15.8 Å². The molecule has 6 nitrogen and oxygen atoms in total. The smallest absolute Gasteiger partial charge is 0.275 e. The van der Waals surface area contributed by atoms with E-state index in [1.54, 1.807) is 17.1 Å². The minimum absolute atomic E-state index is 0.0240. The fourth-order valence-electron chi connectivity index (χ4n) is 4.29. The molecule has 27 heavy (non-hydrogen) atoms. The Balaban J connectivity index is 1.57. The van der Waals surface area contributed by atoms with Crippen molar-refractivity contribution in [3.8, 4) is 0 Å². The predicted molar refractivity (Wildman–Crippen MR) is 113 cm³/mol. The molecule has 6 rings (SSSR count). The zero-order valence-electron chi connectivity index (χ0n) is 14.9. The molecular formula is C19H17N5OS2. The Morgan fingerprint density at radius 2 is 2.22 bits per heavy atom. The van der Waals surface area contributed by atoms with E-state index < -0.39 is 0 Å². The Labute approximate surface area is 163 Å². The topological polar surface area (TPSA) is 63.1 Å². The quantitative estimate of drug-likeness (QED) is 0.720. The second-order valence-corrected chi connectivity index (χ2v) is 9.81. The van der Waals surface area contributed by atoms with E-state index in [4.69, 9.17) is 0 Å². The normalized spacial score (nSPS) is 28.3. The van der Waals surface area contributed by atoms with Gasteiger partial charge in [-0.15, -0.1) is 23.1 Å². The lowest BCUT2D eigenvalue weighted by atomic mass is 10.1. The van der Waals surface area contributed by atoms with Gasteiger partial charge in [-0.25, -0.2) is 9.97 Å². The molecule has 136 valence electrons. The van der Waals surface area contributed by atoms with E-state index in [1.807, 2.05) is 36.8 Å². The van der Waals surface area contributed by atoms with Gasteiger partial charge in [0.25, 0.3) is 5.56 Å². The molecule has 1 aliphatic heterocycles. The standard InChI is InChI=1S/C19H17N5OS2/c1-23(2)12-4-6-20-16-13(12)14-15(27-16)17(25)24(9-21-14)11-3-5-18-8-19(18,7-11)26-10-22-18/h3-7,9,22H,8,10H2,1-2H3. The minimum atomic E-state index is -0.0240. The van der Waals surface area contributed by atoms with Crippen molar-refractivity contribution in [3.63, 3.8) is 0 Å². The molecule has 8 heteroatoms. The number of allylic oxidation sites excluding steroid dienone is 2. The first-order chi connectivity index (χ1) is 13.0. The number of thioether (sulfide) groups is 1. The molecular weight excluding hydrogens is 378 g/mol. The zero-order valence-corrected chi connectivity index (χ0v) is 16.5. The molecule has 2 aliphatic carbocycles. The summed E-state index contributed by atoms with van der Waals surface area (Å²) in [6.45, 7) is 0. The van der Waals surface area contributed by atoms with Crippen LogP contribution >= 0.6 is 23.1 Å². The number of pyridine rings is 1. The van der Waals surface area contributed by atoms with Gasteiger partial charge in [0.05, 0.1) is 26.9 Å². The monoisotopic (exact) mass is 395 g/mol. The molecule has 2 unspecified atom stereocenters. The summed E-state index contributed by atoms with van der Waals surface area (Å²) in [7, 11) is 3.98. The van der Waals surface area contributed by atoms with Crippen LogP contribution in [0.5, 0.6) is 0 Å². The molecule has 2 fully saturated rings. The van der Waals surface area contributed by atoms with Gasteiger partial charge in [-0.2, -0.15) is 0 Å². The molecule has 1 N–H and O–H groups in total. The average Bonchev–Trinajstić information content (AvgIpc) is 2.95. The number of hydrogen-bond acceptors (Lipinski definition) is 7. The molecule has 3 aromatic rings. The molecule has 0 bridgehead atoms. The highest BCUT2D eigenvalue weighted by atomic mass is 32.2.